The molecule has 0 fully saturated rings. The Kier molecular flexibility index (Phi) is 3.17. The number of para-hydroxylation sites is 1. The Morgan fingerprint density at radius 1 is 0.926 bits per heavy atom. The van der Waals surface area contributed by atoms with Crippen LogP contribution in [0.2, 0.25) is 0 Å². The van der Waals surface area contributed by atoms with Crippen LogP contribution in [0.5, 0.6) is 0 Å². The van der Waals surface area contributed by atoms with E-state index in [1.165, 1.54) is 11.1 Å². The van der Waals surface area contributed by atoms with Gasteiger partial charge in [-0.05, 0) is 24.3 Å². The smallest absolute Gasteiger partial charge is 0.267 e. The monoisotopic (exact) mass is 355 g/mol. The topological polar surface area (TPSA) is 81.0 Å². The Hall–Kier alpha value is -3.87. The number of benzene rings is 1. The van der Waals surface area contributed by atoms with E-state index in [2.05, 4.69) is 15.1 Å². The minimum Gasteiger partial charge on any atom is -0.268 e. The van der Waals surface area contributed by atoms with Gasteiger partial charge in [-0.15, -0.1) is 0 Å². The summed E-state index contributed by atoms with van der Waals surface area (Å²) in [5.41, 5.74) is 3.13. The molecule has 0 aliphatic carbocycles. The highest BCUT2D eigenvalue weighted by Crippen LogP contribution is 2.36. The van der Waals surface area contributed by atoms with Crippen molar-refractivity contribution in [3.05, 3.63) is 72.2 Å². The third-order valence-electron chi connectivity index (χ3n) is 4.67. The van der Waals surface area contributed by atoms with E-state index in [0.717, 1.165) is 5.56 Å². The average molecular weight is 355 g/mol. The Balaban J connectivity index is 1.80. The van der Waals surface area contributed by atoms with Gasteiger partial charge in [0.15, 0.2) is 5.65 Å². The molecule has 0 spiro atoms. The summed E-state index contributed by atoms with van der Waals surface area (Å²) in [5.74, 6) is -0.739. The lowest BCUT2D eigenvalue weighted by Crippen LogP contribution is -2.29. The first-order valence-electron chi connectivity index (χ1n) is 8.37. The second-order valence-electron chi connectivity index (χ2n) is 6.23. The van der Waals surface area contributed by atoms with Crippen LogP contribution in [0.1, 0.15) is 20.7 Å². The molecule has 5 rings (SSSR count). The summed E-state index contributed by atoms with van der Waals surface area (Å²) in [6.07, 6.45) is 4.78. The Labute approximate surface area is 153 Å². The van der Waals surface area contributed by atoms with Crippen LogP contribution in [-0.2, 0) is 7.05 Å². The molecule has 2 amide bonds. The number of hydrogen-bond donors (Lipinski definition) is 0. The van der Waals surface area contributed by atoms with Crippen LogP contribution in [0.4, 0.5) is 5.69 Å². The van der Waals surface area contributed by atoms with Crippen molar-refractivity contribution in [2.45, 2.75) is 0 Å². The molecule has 0 unspecified atom stereocenters. The number of anilines is 1. The van der Waals surface area contributed by atoms with E-state index in [9.17, 15) is 9.59 Å². The van der Waals surface area contributed by atoms with Gasteiger partial charge in [-0.3, -0.25) is 14.6 Å². The van der Waals surface area contributed by atoms with E-state index >= 15 is 0 Å². The van der Waals surface area contributed by atoms with E-state index in [-0.39, 0.29) is 11.8 Å². The van der Waals surface area contributed by atoms with Crippen LogP contribution in [-0.4, -0.2) is 31.6 Å². The second kappa shape index (κ2) is 5.57. The molecule has 130 valence electrons. The Morgan fingerprint density at radius 2 is 1.67 bits per heavy atom. The minimum atomic E-state index is -0.375. The first kappa shape index (κ1) is 15.4. The van der Waals surface area contributed by atoms with E-state index in [4.69, 9.17) is 0 Å². The van der Waals surface area contributed by atoms with Crippen LogP contribution < -0.4 is 4.90 Å². The molecule has 3 aromatic heterocycles. The van der Waals surface area contributed by atoms with Gasteiger partial charge in [0.25, 0.3) is 11.8 Å². The number of rotatable bonds is 2. The molecule has 1 aromatic carbocycles. The van der Waals surface area contributed by atoms with Crippen LogP contribution in [0, 0.1) is 0 Å². The van der Waals surface area contributed by atoms with Gasteiger partial charge in [0.1, 0.15) is 5.69 Å². The van der Waals surface area contributed by atoms with Gasteiger partial charge in [0, 0.05) is 31.2 Å². The maximum absolute atomic E-state index is 13.2. The summed E-state index contributed by atoms with van der Waals surface area (Å²) in [4.78, 5) is 35.8. The molecule has 0 atom stereocenters. The van der Waals surface area contributed by atoms with Gasteiger partial charge in [-0.25, -0.2) is 14.6 Å². The number of imide groups is 1. The summed E-state index contributed by atoms with van der Waals surface area (Å²) in [7, 11) is 1.77. The average Bonchev–Trinajstić information content (AvgIpc) is 3.18. The van der Waals surface area contributed by atoms with Crippen LogP contribution in [0.25, 0.3) is 22.3 Å². The van der Waals surface area contributed by atoms with Crippen molar-refractivity contribution in [2.24, 2.45) is 7.05 Å². The van der Waals surface area contributed by atoms with E-state index in [1.54, 1.807) is 48.4 Å². The molecule has 0 saturated heterocycles. The third kappa shape index (κ3) is 2.11. The number of nitrogens with zero attached hydrogens (tertiary/aromatic N) is 5. The van der Waals surface area contributed by atoms with Crippen molar-refractivity contribution in [1.29, 1.82) is 0 Å². The van der Waals surface area contributed by atoms with Gasteiger partial charge >= 0.3 is 0 Å². The molecule has 7 nitrogen and oxygen atoms in total. The van der Waals surface area contributed by atoms with Crippen molar-refractivity contribution in [3.8, 4) is 11.3 Å². The number of aryl methyl sites for hydroxylation is 1. The van der Waals surface area contributed by atoms with Crippen molar-refractivity contribution in [2.75, 3.05) is 4.90 Å². The normalized spacial score (nSPS) is 13.4. The standard InChI is InChI=1S/C20H13N5O2/c1-24-18-16(17(23-24)12-7-9-21-10-8-12)15-14(11-22-18)19(26)25(20(15)27)13-5-3-2-4-6-13/h2-11H,1H3. The van der Waals surface area contributed by atoms with Crippen LogP contribution >= 0.6 is 0 Å². The largest absolute Gasteiger partial charge is 0.268 e. The number of pyridine rings is 2. The summed E-state index contributed by atoms with van der Waals surface area (Å²) >= 11 is 0. The van der Waals surface area contributed by atoms with Gasteiger partial charge in [0.2, 0.25) is 0 Å². The van der Waals surface area contributed by atoms with Crippen molar-refractivity contribution in [3.63, 3.8) is 0 Å². The lowest BCUT2D eigenvalue weighted by atomic mass is 10.0. The Bertz CT molecular complexity index is 1220. The molecule has 0 radical (unpaired) electrons. The molecule has 0 N–H and O–H groups in total. The zero-order valence-electron chi connectivity index (χ0n) is 14.3. The molecule has 4 heterocycles. The number of amides is 2. The zero-order valence-corrected chi connectivity index (χ0v) is 14.3. The quantitative estimate of drug-likeness (QED) is 0.517. The maximum atomic E-state index is 13.2. The molecule has 1 aliphatic rings. The van der Waals surface area contributed by atoms with Crippen molar-refractivity contribution in [1.82, 2.24) is 19.7 Å². The first-order valence-corrected chi connectivity index (χ1v) is 8.37. The molecule has 7 heteroatoms. The van der Waals surface area contributed by atoms with Gasteiger partial charge < -0.3 is 0 Å². The molecular formula is C20H13N5O2. The molecular weight excluding hydrogens is 342 g/mol. The summed E-state index contributed by atoms with van der Waals surface area (Å²) in [5, 5.41) is 5.12. The summed E-state index contributed by atoms with van der Waals surface area (Å²) in [6.45, 7) is 0. The summed E-state index contributed by atoms with van der Waals surface area (Å²) in [6, 6.07) is 12.5. The predicted molar refractivity (Wildman–Crippen MR) is 99.3 cm³/mol. The highest BCUT2D eigenvalue weighted by atomic mass is 16.2. The molecule has 27 heavy (non-hydrogen) atoms. The fourth-order valence-corrected chi connectivity index (χ4v) is 3.45. The molecule has 4 aromatic rings. The molecule has 0 bridgehead atoms. The van der Waals surface area contributed by atoms with Crippen molar-refractivity contribution >= 4 is 28.5 Å². The number of carbonyl (C=O) groups excluding carboxylic acids is 2. The number of aromatic nitrogens is 4. The van der Waals surface area contributed by atoms with Gasteiger partial charge in [-0.2, -0.15) is 5.10 Å². The third-order valence-corrected chi connectivity index (χ3v) is 4.67. The van der Waals surface area contributed by atoms with E-state index < -0.39 is 0 Å². The maximum Gasteiger partial charge on any atom is 0.267 e. The number of carbonyl (C=O) groups is 2. The van der Waals surface area contributed by atoms with Gasteiger partial charge in [-0.1, -0.05) is 18.2 Å². The van der Waals surface area contributed by atoms with E-state index in [1.807, 2.05) is 18.2 Å². The first-order chi connectivity index (χ1) is 13.2. The van der Waals surface area contributed by atoms with Gasteiger partial charge in [0.05, 0.1) is 22.2 Å². The summed E-state index contributed by atoms with van der Waals surface area (Å²) < 4.78 is 1.62. The zero-order chi connectivity index (χ0) is 18.5. The number of hydrogen-bond acceptors (Lipinski definition) is 5. The SMILES string of the molecule is Cn1nc(-c2ccncc2)c2c3c(cnc21)C(=O)N(c1ccccc1)C3=O. The highest BCUT2D eigenvalue weighted by molar-refractivity contribution is 6.38. The number of fused-ring (bicyclic) bond motifs is 3. The fraction of sp³-hybridized carbons (Fsp3) is 0.0500. The Morgan fingerprint density at radius 3 is 2.41 bits per heavy atom. The van der Waals surface area contributed by atoms with E-state index in [0.29, 0.717) is 33.5 Å². The molecule has 1 aliphatic heterocycles. The molecule has 0 saturated carbocycles. The second-order valence-corrected chi connectivity index (χ2v) is 6.23. The van der Waals surface area contributed by atoms with Crippen LogP contribution in [0.15, 0.2) is 61.1 Å². The lowest BCUT2D eigenvalue weighted by molar-refractivity contribution is 0.0926. The predicted octanol–water partition coefficient (Wildman–Crippen LogP) is 2.83. The van der Waals surface area contributed by atoms with Crippen molar-refractivity contribution < 1.29 is 9.59 Å². The lowest BCUT2D eigenvalue weighted by Gasteiger charge is -2.13. The minimum absolute atomic E-state index is 0.291. The highest BCUT2D eigenvalue weighted by Gasteiger charge is 2.40. The fourth-order valence-electron chi connectivity index (χ4n) is 3.45. The van der Waals surface area contributed by atoms with Crippen LogP contribution in [0.3, 0.4) is 0 Å².